The molecule has 1 aromatic carbocycles. The van der Waals surface area contributed by atoms with E-state index in [0.717, 1.165) is 12.1 Å². The first-order valence-electron chi connectivity index (χ1n) is 3.07. The van der Waals surface area contributed by atoms with Crippen molar-refractivity contribution in [2.45, 2.75) is 6.92 Å². The molecule has 0 saturated carbocycles. The van der Waals surface area contributed by atoms with Crippen LogP contribution in [0.25, 0.3) is 0 Å². The molecule has 11 heavy (non-hydrogen) atoms. The first kappa shape index (κ1) is 7.94. The first-order valence-corrected chi connectivity index (χ1v) is 3.07. The first-order chi connectivity index (χ1) is 5.15. The maximum Gasteiger partial charge on any atom is 0.131 e. The van der Waals surface area contributed by atoms with Crippen LogP contribution in [-0.2, 0) is 0 Å². The van der Waals surface area contributed by atoms with Gasteiger partial charge in [-0.15, -0.1) is 0 Å². The van der Waals surface area contributed by atoms with Crippen molar-refractivity contribution in [2.75, 3.05) is 5.43 Å². The lowest BCUT2D eigenvalue weighted by Gasteiger charge is -2.04. The predicted octanol–water partition coefficient (Wildman–Crippen LogP) is 1.56. The van der Waals surface area contributed by atoms with E-state index in [-0.39, 0.29) is 5.69 Å². The predicted molar refractivity (Wildman–Crippen MR) is 38.9 cm³/mol. The molecule has 0 aliphatic rings. The van der Waals surface area contributed by atoms with Gasteiger partial charge >= 0.3 is 0 Å². The van der Waals surface area contributed by atoms with Gasteiger partial charge in [0.05, 0.1) is 5.69 Å². The van der Waals surface area contributed by atoms with Crippen LogP contribution < -0.4 is 11.3 Å². The van der Waals surface area contributed by atoms with Crippen molar-refractivity contribution in [3.63, 3.8) is 0 Å². The van der Waals surface area contributed by atoms with E-state index < -0.39 is 11.6 Å². The fourth-order valence-electron chi connectivity index (χ4n) is 0.796. The Morgan fingerprint density at radius 3 is 2.55 bits per heavy atom. The van der Waals surface area contributed by atoms with E-state index in [1.165, 1.54) is 6.92 Å². The fraction of sp³-hybridized carbons (Fsp3) is 0.143. The van der Waals surface area contributed by atoms with E-state index in [0.29, 0.717) is 5.56 Å². The summed E-state index contributed by atoms with van der Waals surface area (Å²) in [7, 11) is 0. The third kappa shape index (κ3) is 1.46. The topological polar surface area (TPSA) is 38.0 Å². The molecule has 0 spiro atoms. The lowest BCUT2D eigenvalue weighted by Crippen LogP contribution is -2.09. The van der Waals surface area contributed by atoms with Crippen LogP contribution in [-0.4, -0.2) is 0 Å². The minimum absolute atomic E-state index is 0.266. The number of hydrogen-bond acceptors (Lipinski definition) is 2. The van der Waals surface area contributed by atoms with E-state index in [1.807, 2.05) is 0 Å². The number of rotatable bonds is 1. The monoisotopic (exact) mass is 158 g/mol. The molecule has 0 aliphatic heterocycles. The zero-order valence-corrected chi connectivity index (χ0v) is 5.99. The second-order valence-electron chi connectivity index (χ2n) is 2.20. The van der Waals surface area contributed by atoms with Gasteiger partial charge in [-0.05, 0) is 13.0 Å². The molecule has 4 heteroatoms. The molecule has 60 valence electrons. The van der Waals surface area contributed by atoms with Gasteiger partial charge < -0.3 is 5.43 Å². The number of anilines is 1. The van der Waals surface area contributed by atoms with Crippen molar-refractivity contribution in [3.8, 4) is 0 Å². The maximum absolute atomic E-state index is 12.7. The number of nitrogens with two attached hydrogens (primary N) is 1. The molecule has 0 amide bonds. The molecular weight excluding hydrogens is 150 g/mol. The number of halogens is 2. The Morgan fingerprint density at radius 1 is 1.36 bits per heavy atom. The molecule has 0 heterocycles. The third-order valence-corrected chi connectivity index (χ3v) is 1.46. The summed E-state index contributed by atoms with van der Waals surface area (Å²) in [4.78, 5) is 0. The largest absolute Gasteiger partial charge is 0.324 e. The average molecular weight is 158 g/mol. The molecule has 0 bridgehead atoms. The van der Waals surface area contributed by atoms with Crippen molar-refractivity contribution >= 4 is 5.69 Å². The highest BCUT2D eigenvalue weighted by Gasteiger charge is 2.04. The Labute approximate surface area is 63.0 Å². The fourth-order valence-corrected chi connectivity index (χ4v) is 0.796. The van der Waals surface area contributed by atoms with Crippen LogP contribution in [0.3, 0.4) is 0 Å². The number of benzene rings is 1. The zero-order valence-electron chi connectivity index (χ0n) is 5.99. The van der Waals surface area contributed by atoms with Crippen LogP contribution in [0.2, 0.25) is 0 Å². The minimum Gasteiger partial charge on any atom is -0.324 e. The molecule has 2 nitrogen and oxygen atoms in total. The quantitative estimate of drug-likeness (QED) is 0.480. The number of nitrogens with one attached hydrogen (secondary N) is 1. The van der Waals surface area contributed by atoms with Crippen LogP contribution in [0.4, 0.5) is 14.5 Å². The smallest absolute Gasteiger partial charge is 0.131 e. The second-order valence-corrected chi connectivity index (χ2v) is 2.20. The molecule has 0 atom stereocenters. The summed E-state index contributed by atoms with van der Waals surface area (Å²) in [5, 5.41) is 0. The Morgan fingerprint density at radius 2 is 2.00 bits per heavy atom. The Kier molecular flexibility index (Phi) is 2.05. The van der Waals surface area contributed by atoms with Gasteiger partial charge in [0.2, 0.25) is 0 Å². The van der Waals surface area contributed by atoms with Gasteiger partial charge in [0.1, 0.15) is 11.6 Å². The molecule has 0 saturated heterocycles. The highest BCUT2D eigenvalue weighted by Crippen LogP contribution is 2.18. The van der Waals surface area contributed by atoms with Crippen LogP contribution in [0.1, 0.15) is 5.56 Å². The molecule has 1 aromatic rings. The highest BCUT2D eigenvalue weighted by atomic mass is 19.1. The van der Waals surface area contributed by atoms with Crippen molar-refractivity contribution in [2.24, 2.45) is 5.84 Å². The van der Waals surface area contributed by atoms with E-state index in [2.05, 4.69) is 5.43 Å². The average Bonchev–Trinajstić information content (AvgIpc) is 1.96. The molecule has 0 unspecified atom stereocenters. The van der Waals surface area contributed by atoms with Gasteiger partial charge in [-0.3, -0.25) is 5.84 Å². The summed E-state index contributed by atoms with van der Waals surface area (Å²) in [6, 6.07) is 1.95. The van der Waals surface area contributed by atoms with Gasteiger partial charge in [-0.2, -0.15) is 0 Å². The van der Waals surface area contributed by atoms with Gasteiger partial charge in [0.15, 0.2) is 0 Å². The lowest BCUT2D eigenvalue weighted by molar-refractivity contribution is 0.578. The molecule has 3 N–H and O–H groups in total. The van der Waals surface area contributed by atoms with E-state index >= 15 is 0 Å². The van der Waals surface area contributed by atoms with Crippen molar-refractivity contribution < 1.29 is 8.78 Å². The van der Waals surface area contributed by atoms with E-state index in [9.17, 15) is 8.78 Å². The second kappa shape index (κ2) is 2.84. The molecule has 0 aromatic heterocycles. The van der Waals surface area contributed by atoms with Crippen molar-refractivity contribution in [1.82, 2.24) is 0 Å². The lowest BCUT2D eigenvalue weighted by atomic mass is 10.2. The van der Waals surface area contributed by atoms with Crippen molar-refractivity contribution in [3.05, 3.63) is 29.3 Å². The van der Waals surface area contributed by atoms with Gasteiger partial charge in [-0.25, -0.2) is 8.78 Å². The van der Waals surface area contributed by atoms with Gasteiger partial charge in [0.25, 0.3) is 0 Å². The molecule has 0 fully saturated rings. The number of hydrazine groups is 1. The summed E-state index contributed by atoms with van der Waals surface area (Å²) in [6.45, 7) is 1.52. The SMILES string of the molecule is Cc1c(F)cc(F)cc1NN. The van der Waals surface area contributed by atoms with Gasteiger partial charge in [0, 0.05) is 11.6 Å². The Hall–Kier alpha value is -1.16. The summed E-state index contributed by atoms with van der Waals surface area (Å²) in [5.41, 5.74) is 2.78. The molecule has 1 rings (SSSR count). The van der Waals surface area contributed by atoms with Crippen LogP contribution in [0, 0.1) is 18.6 Å². The summed E-state index contributed by atoms with van der Waals surface area (Å²) in [5.74, 6) is 3.77. The number of nitrogen functional groups attached to an aromatic ring is 1. The summed E-state index contributed by atoms with van der Waals surface area (Å²) in [6.07, 6.45) is 0. The normalized spacial score (nSPS) is 9.82. The summed E-state index contributed by atoms with van der Waals surface area (Å²) >= 11 is 0. The zero-order chi connectivity index (χ0) is 8.43. The van der Waals surface area contributed by atoms with Gasteiger partial charge in [-0.1, -0.05) is 0 Å². The molecule has 0 radical (unpaired) electrons. The molecular formula is C7H8F2N2. The highest BCUT2D eigenvalue weighted by molar-refractivity contribution is 5.50. The van der Waals surface area contributed by atoms with Crippen LogP contribution in [0.5, 0.6) is 0 Å². The van der Waals surface area contributed by atoms with E-state index in [1.54, 1.807) is 0 Å². The van der Waals surface area contributed by atoms with Crippen LogP contribution >= 0.6 is 0 Å². The number of hydrogen-bond donors (Lipinski definition) is 2. The minimum atomic E-state index is -0.638. The maximum atomic E-state index is 12.7. The van der Waals surface area contributed by atoms with E-state index in [4.69, 9.17) is 5.84 Å². The standard InChI is InChI=1S/C7H8F2N2/c1-4-6(9)2-5(8)3-7(4)11-10/h2-3,11H,10H2,1H3. The van der Waals surface area contributed by atoms with Crippen LogP contribution in [0.15, 0.2) is 12.1 Å². The summed E-state index contributed by atoms with van der Waals surface area (Å²) < 4.78 is 25.2. The van der Waals surface area contributed by atoms with Crippen molar-refractivity contribution in [1.29, 1.82) is 0 Å². The Balaban J connectivity index is 3.24. The Bertz CT molecular complexity index is 273. The molecule has 0 aliphatic carbocycles. The third-order valence-electron chi connectivity index (χ3n) is 1.46.